The van der Waals surface area contributed by atoms with Crippen molar-refractivity contribution in [2.45, 2.75) is 25.3 Å². The number of hydrogen-bond acceptors (Lipinski definition) is 3. The summed E-state index contributed by atoms with van der Waals surface area (Å²) < 4.78 is 0. The predicted octanol–water partition coefficient (Wildman–Crippen LogP) is 2.40. The Kier molecular flexibility index (Phi) is 3.48. The zero-order chi connectivity index (χ0) is 13.9. The molecule has 1 amide bonds. The number of nitrogens with two attached hydrogens (primary N) is 1. The van der Waals surface area contributed by atoms with E-state index >= 15 is 0 Å². The molecule has 0 radical (unpaired) electrons. The van der Waals surface area contributed by atoms with Crippen LogP contribution in [0, 0.1) is 0 Å². The van der Waals surface area contributed by atoms with Gasteiger partial charge in [0, 0.05) is 24.5 Å². The maximum atomic E-state index is 11.5. The molecule has 0 fully saturated rings. The quantitative estimate of drug-likeness (QED) is 0.878. The van der Waals surface area contributed by atoms with Gasteiger partial charge in [0.2, 0.25) is 5.91 Å². The Hall–Kier alpha value is -2.20. The average Bonchev–Trinajstić information content (AvgIpc) is 2.67. The standard InChI is InChI=1S/C16H17N3O/c17-16(13-4-2-8-18-10-13)12-6-7-14-11(9-12)3-1-5-15(20)19-14/h2,4,6-10,16H,1,3,5,17H2,(H,19,20). The first kappa shape index (κ1) is 12.8. The third kappa shape index (κ3) is 2.56. The van der Waals surface area contributed by atoms with Gasteiger partial charge in [0.25, 0.3) is 0 Å². The van der Waals surface area contributed by atoms with E-state index < -0.39 is 0 Å². The number of carbonyl (C=O) groups is 1. The topological polar surface area (TPSA) is 68.0 Å². The second kappa shape index (κ2) is 5.43. The van der Waals surface area contributed by atoms with Gasteiger partial charge in [-0.3, -0.25) is 9.78 Å². The van der Waals surface area contributed by atoms with Crippen LogP contribution in [-0.2, 0) is 11.2 Å². The summed E-state index contributed by atoms with van der Waals surface area (Å²) in [6.07, 6.45) is 5.89. The van der Waals surface area contributed by atoms with Crippen molar-refractivity contribution in [2.75, 3.05) is 5.32 Å². The van der Waals surface area contributed by atoms with Gasteiger partial charge in [-0.2, -0.15) is 0 Å². The Morgan fingerprint density at radius 2 is 2.10 bits per heavy atom. The maximum absolute atomic E-state index is 11.5. The summed E-state index contributed by atoms with van der Waals surface area (Å²) in [5, 5.41) is 2.94. The molecule has 1 unspecified atom stereocenters. The van der Waals surface area contributed by atoms with Crippen molar-refractivity contribution in [3.8, 4) is 0 Å². The molecule has 2 heterocycles. The van der Waals surface area contributed by atoms with Gasteiger partial charge in [-0.25, -0.2) is 0 Å². The number of benzene rings is 1. The molecule has 0 saturated carbocycles. The van der Waals surface area contributed by atoms with Crippen molar-refractivity contribution in [3.05, 3.63) is 59.4 Å². The molecule has 1 aromatic heterocycles. The largest absolute Gasteiger partial charge is 0.326 e. The molecule has 20 heavy (non-hydrogen) atoms. The fraction of sp³-hybridized carbons (Fsp3) is 0.250. The van der Waals surface area contributed by atoms with Crippen molar-refractivity contribution in [1.82, 2.24) is 4.98 Å². The minimum atomic E-state index is -0.187. The van der Waals surface area contributed by atoms with Gasteiger partial charge >= 0.3 is 0 Å². The number of rotatable bonds is 2. The van der Waals surface area contributed by atoms with Crippen molar-refractivity contribution in [1.29, 1.82) is 0 Å². The summed E-state index contributed by atoms with van der Waals surface area (Å²) in [5.74, 6) is 0.0908. The fourth-order valence-electron chi connectivity index (χ4n) is 2.54. The molecule has 4 nitrogen and oxygen atoms in total. The molecular formula is C16H17N3O. The van der Waals surface area contributed by atoms with Crippen LogP contribution in [0.25, 0.3) is 0 Å². The van der Waals surface area contributed by atoms with Crippen LogP contribution in [0.15, 0.2) is 42.7 Å². The fourth-order valence-corrected chi connectivity index (χ4v) is 2.54. The van der Waals surface area contributed by atoms with E-state index in [1.54, 1.807) is 12.4 Å². The first-order chi connectivity index (χ1) is 9.74. The van der Waals surface area contributed by atoms with E-state index in [0.29, 0.717) is 6.42 Å². The molecule has 1 aliphatic rings. The summed E-state index contributed by atoms with van der Waals surface area (Å²) in [5.41, 5.74) is 10.4. The van der Waals surface area contributed by atoms with Crippen molar-refractivity contribution in [2.24, 2.45) is 5.73 Å². The number of nitrogens with zero attached hydrogens (tertiary/aromatic N) is 1. The van der Waals surface area contributed by atoms with E-state index in [1.807, 2.05) is 24.3 Å². The highest BCUT2D eigenvalue weighted by molar-refractivity contribution is 5.92. The molecule has 3 N–H and O–H groups in total. The number of amides is 1. The zero-order valence-corrected chi connectivity index (χ0v) is 11.2. The number of aryl methyl sites for hydroxylation is 1. The smallest absolute Gasteiger partial charge is 0.224 e. The van der Waals surface area contributed by atoms with Gasteiger partial charge in [-0.15, -0.1) is 0 Å². The summed E-state index contributed by atoms with van der Waals surface area (Å²) in [6, 6.07) is 9.70. The van der Waals surface area contributed by atoms with Crippen LogP contribution >= 0.6 is 0 Å². The number of hydrogen-bond donors (Lipinski definition) is 2. The highest BCUT2D eigenvalue weighted by Gasteiger charge is 2.15. The number of fused-ring (bicyclic) bond motifs is 1. The first-order valence-electron chi connectivity index (χ1n) is 6.82. The van der Waals surface area contributed by atoms with Crippen LogP contribution in [0.4, 0.5) is 5.69 Å². The van der Waals surface area contributed by atoms with E-state index in [1.165, 1.54) is 0 Å². The predicted molar refractivity (Wildman–Crippen MR) is 78.3 cm³/mol. The van der Waals surface area contributed by atoms with Crippen LogP contribution in [-0.4, -0.2) is 10.9 Å². The van der Waals surface area contributed by atoms with E-state index in [9.17, 15) is 4.79 Å². The third-order valence-corrected chi connectivity index (χ3v) is 3.66. The molecule has 2 aromatic rings. The normalized spacial score (nSPS) is 15.9. The lowest BCUT2D eigenvalue weighted by molar-refractivity contribution is -0.116. The molecule has 0 bridgehead atoms. The van der Waals surface area contributed by atoms with Crippen LogP contribution in [0.2, 0.25) is 0 Å². The molecule has 0 aliphatic carbocycles. The van der Waals surface area contributed by atoms with Crippen molar-refractivity contribution in [3.63, 3.8) is 0 Å². The van der Waals surface area contributed by atoms with Gasteiger partial charge in [0.05, 0.1) is 6.04 Å². The lowest BCUT2D eigenvalue weighted by Gasteiger charge is -2.15. The van der Waals surface area contributed by atoms with Gasteiger partial charge in [-0.1, -0.05) is 18.2 Å². The second-order valence-corrected chi connectivity index (χ2v) is 5.08. The van der Waals surface area contributed by atoms with Crippen LogP contribution in [0.3, 0.4) is 0 Å². The van der Waals surface area contributed by atoms with Crippen molar-refractivity contribution >= 4 is 11.6 Å². The molecule has 1 aromatic carbocycles. The molecule has 1 aliphatic heterocycles. The van der Waals surface area contributed by atoms with Crippen LogP contribution in [0.1, 0.15) is 35.6 Å². The summed E-state index contributed by atoms with van der Waals surface area (Å²) in [6.45, 7) is 0. The van der Waals surface area contributed by atoms with Gasteiger partial charge in [0.1, 0.15) is 0 Å². The molecule has 0 saturated heterocycles. The van der Waals surface area contributed by atoms with Crippen molar-refractivity contribution < 1.29 is 4.79 Å². The van der Waals surface area contributed by atoms with Gasteiger partial charge in [0.15, 0.2) is 0 Å². The van der Waals surface area contributed by atoms with E-state index in [-0.39, 0.29) is 11.9 Å². The SMILES string of the molecule is NC(c1cccnc1)c1ccc2c(c1)CCCC(=O)N2. The number of nitrogens with one attached hydrogen (secondary N) is 1. The minimum Gasteiger partial charge on any atom is -0.326 e. The lowest BCUT2D eigenvalue weighted by atomic mass is 9.97. The maximum Gasteiger partial charge on any atom is 0.224 e. The Morgan fingerprint density at radius 3 is 2.90 bits per heavy atom. The average molecular weight is 267 g/mol. The Bertz CT molecular complexity index is 625. The summed E-state index contributed by atoms with van der Waals surface area (Å²) in [7, 11) is 0. The number of carbonyl (C=O) groups excluding carboxylic acids is 1. The lowest BCUT2D eigenvalue weighted by Crippen LogP contribution is -2.13. The molecular weight excluding hydrogens is 250 g/mol. The number of anilines is 1. The van der Waals surface area contributed by atoms with Gasteiger partial charge in [-0.05, 0) is 41.7 Å². The summed E-state index contributed by atoms with van der Waals surface area (Å²) in [4.78, 5) is 15.6. The van der Waals surface area contributed by atoms with E-state index in [4.69, 9.17) is 5.73 Å². The third-order valence-electron chi connectivity index (χ3n) is 3.66. The van der Waals surface area contributed by atoms with E-state index in [2.05, 4.69) is 16.4 Å². The molecule has 102 valence electrons. The number of aromatic nitrogens is 1. The highest BCUT2D eigenvalue weighted by Crippen LogP contribution is 2.27. The molecule has 0 spiro atoms. The highest BCUT2D eigenvalue weighted by atomic mass is 16.1. The minimum absolute atomic E-state index is 0.0908. The Morgan fingerprint density at radius 1 is 1.20 bits per heavy atom. The molecule has 4 heteroatoms. The van der Waals surface area contributed by atoms with E-state index in [0.717, 1.165) is 35.2 Å². The van der Waals surface area contributed by atoms with Gasteiger partial charge < -0.3 is 11.1 Å². The van der Waals surface area contributed by atoms with Crippen LogP contribution in [0.5, 0.6) is 0 Å². The number of pyridine rings is 1. The Balaban J connectivity index is 1.92. The van der Waals surface area contributed by atoms with Crippen LogP contribution < -0.4 is 11.1 Å². The molecule has 3 rings (SSSR count). The molecule has 1 atom stereocenters. The second-order valence-electron chi connectivity index (χ2n) is 5.08. The first-order valence-corrected chi connectivity index (χ1v) is 6.82. The monoisotopic (exact) mass is 267 g/mol. The summed E-state index contributed by atoms with van der Waals surface area (Å²) >= 11 is 0. The Labute approximate surface area is 118 Å². The zero-order valence-electron chi connectivity index (χ0n) is 11.2.